The maximum atomic E-state index is 14.2. The van der Waals surface area contributed by atoms with Crippen molar-refractivity contribution in [2.75, 3.05) is 25.0 Å². The molecule has 38 heavy (non-hydrogen) atoms. The van der Waals surface area contributed by atoms with E-state index >= 15 is 0 Å². The predicted molar refractivity (Wildman–Crippen MR) is 145 cm³/mol. The van der Waals surface area contributed by atoms with Gasteiger partial charge in [0.25, 0.3) is 21.8 Å². The van der Waals surface area contributed by atoms with E-state index in [1.165, 1.54) is 6.07 Å². The Labute approximate surface area is 222 Å². The van der Waals surface area contributed by atoms with Crippen LogP contribution in [0.1, 0.15) is 35.2 Å². The fourth-order valence-electron chi connectivity index (χ4n) is 5.32. The van der Waals surface area contributed by atoms with E-state index in [0.29, 0.717) is 48.0 Å². The largest absolute Gasteiger partial charge is 0.392 e. The van der Waals surface area contributed by atoms with E-state index in [-0.39, 0.29) is 23.8 Å². The van der Waals surface area contributed by atoms with E-state index in [4.69, 9.17) is 0 Å². The molecule has 3 aromatic carbocycles. The van der Waals surface area contributed by atoms with Crippen LogP contribution in [0.15, 0.2) is 65.6 Å². The molecule has 0 aromatic heterocycles. The van der Waals surface area contributed by atoms with Crippen LogP contribution in [0.2, 0.25) is 0 Å². The molecule has 4 N–H and O–H groups in total. The quantitative estimate of drug-likeness (QED) is 0.381. The van der Waals surface area contributed by atoms with Crippen molar-refractivity contribution in [3.63, 3.8) is 0 Å². The Balaban J connectivity index is 1.55. The van der Waals surface area contributed by atoms with Gasteiger partial charge in [-0.2, -0.15) is 0 Å². The molecule has 2 saturated heterocycles. The zero-order valence-corrected chi connectivity index (χ0v) is 22.0. The van der Waals surface area contributed by atoms with Gasteiger partial charge in [-0.3, -0.25) is 9.59 Å². The second-order valence-electron chi connectivity index (χ2n) is 9.90. The zero-order chi connectivity index (χ0) is 26.9. The minimum absolute atomic E-state index is 0.00687. The molecule has 2 aliphatic heterocycles. The van der Waals surface area contributed by atoms with Crippen molar-refractivity contribution in [2.24, 2.45) is 0 Å². The fourth-order valence-corrected chi connectivity index (χ4v) is 7.20. The molecule has 2 atom stereocenters. The third-order valence-electron chi connectivity index (χ3n) is 7.32. The fraction of sp³-hybridized carbons (Fsp3) is 0.357. The van der Waals surface area contributed by atoms with Gasteiger partial charge >= 0.3 is 0 Å². The number of carbonyl (C=O) groups excluding carboxylic acids is 2. The van der Waals surface area contributed by atoms with Gasteiger partial charge in [0.1, 0.15) is 0 Å². The molecule has 9 nitrogen and oxygen atoms in total. The lowest BCUT2D eigenvalue weighted by atomic mass is 10.1. The van der Waals surface area contributed by atoms with Gasteiger partial charge in [-0.05, 0) is 63.0 Å². The molecule has 10 heteroatoms. The average Bonchev–Trinajstić information content (AvgIpc) is 3.36. The van der Waals surface area contributed by atoms with Crippen LogP contribution in [-0.2, 0) is 14.8 Å². The lowest BCUT2D eigenvalue weighted by Gasteiger charge is -2.35. The Hall–Kier alpha value is -3.31. The van der Waals surface area contributed by atoms with Crippen LogP contribution in [0.25, 0.3) is 10.8 Å². The van der Waals surface area contributed by atoms with Crippen LogP contribution in [-0.4, -0.2) is 67.5 Å². The number of hydrogen-bond donors (Lipinski definition) is 4. The number of sulfonamides is 1. The number of nitrogens with one attached hydrogen (secondary N) is 3. The number of β-amino-alcohol motifs (C(OH)–C–C–N with tert-alkyl or cyclic N) is 1. The number of benzene rings is 3. The smallest absolute Gasteiger partial charge is 0.267 e. The van der Waals surface area contributed by atoms with Crippen molar-refractivity contribution in [3.05, 3.63) is 71.8 Å². The van der Waals surface area contributed by atoms with Crippen molar-refractivity contribution >= 4 is 38.3 Å². The minimum atomic E-state index is -4.26. The van der Waals surface area contributed by atoms with Gasteiger partial charge in [0, 0.05) is 28.6 Å². The summed E-state index contributed by atoms with van der Waals surface area (Å²) >= 11 is 0. The van der Waals surface area contributed by atoms with E-state index in [1.807, 2.05) is 19.1 Å². The highest BCUT2D eigenvalue weighted by Gasteiger charge is 2.42. The first-order valence-corrected chi connectivity index (χ1v) is 14.3. The molecule has 0 radical (unpaired) electrons. The van der Waals surface area contributed by atoms with Crippen LogP contribution in [0, 0.1) is 6.92 Å². The number of fused-ring (bicyclic) bond motifs is 1. The molecule has 2 heterocycles. The summed E-state index contributed by atoms with van der Waals surface area (Å²) in [5, 5.41) is 20.1. The lowest BCUT2D eigenvalue weighted by Crippen LogP contribution is -2.53. The van der Waals surface area contributed by atoms with E-state index in [9.17, 15) is 23.1 Å². The molecule has 0 bridgehead atoms. The number of rotatable bonds is 6. The van der Waals surface area contributed by atoms with Crippen LogP contribution < -0.4 is 16.0 Å². The number of anilines is 1. The highest BCUT2D eigenvalue weighted by Crippen LogP contribution is 2.34. The number of piperidine rings is 1. The third-order valence-corrected chi connectivity index (χ3v) is 9.23. The van der Waals surface area contributed by atoms with Crippen molar-refractivity contribution in [1.29, 1.82) is 0 Å². The Morgan fingerprint density at radius 1 is 0.974 bits per heavy atom. The van der Waals surface area contributed by atoms with Gasteiger partial charge < -0.3 is 21.1 Å². The molecule has 2 fully saturated rings. The zero-order valence-electron chi connectivity index (χ0n) is 21.2. The Kier molecular flexibility index (Phi) is 7.49. The molecule has 2 aliphatic rings. The lowest BCUT2D eigenvalue weighted by molar-refractivity contribution is -0.130. The van der Waals surface area contributed by atoms with Gasteiger partial charge in [0.15, 0.2) is 0 Å². The van der Waals surface area contributed by atoms with Gasteiger partial charge in [-0.15, -0.1) is 0 Å². The monoisotopic (exact) mass is 536 g/mol. The highest BCUT2D eigenvalue weighted by atomic mass is 32.2. The highest BCUT2D eigenvalue weighted by molar-refractivity contribution is 7.90. The van der Waals surface area contributed by atoms with Crippen molar-refractivity contribution in [1.82, 2.24) is 14.9 Å². The molecular formula is C28H32N4O5S. The number of aliphatic hydroxyl groups is 1. The number of amides is 2. The Morgan fingerprint density at radius 3 is 2.34 bits per heavy atom. The molecular weight excluding hydrogens is 504 g/mol. The Bertz CT molecular complexity index is 1470. The van der Waals surface area contributed by atoms with Crippen LogP contribution >= 0.6 is 0 Å². The number of aliphatic hydroxyl groups excluding tert-OH is 1. The van der Waals surface area contributed by atoms with Crippen molar-refractivity contribution < 1.29 is 23.1 Å². The summed E-state index contributed by atoms with van der Waals surface area (Å²) in [6.45, 7) is 3.31. The summed E-state index contributed by atoms with van der Waals surface area (Å²) in [6, 6.07) is 16.0. The summed E-state index contributed by atoms with van der Waals surface area (Å²) < 4.78 is 29.5. The van der Waals surface area contributed by atoms with Crippen LogP contribution in [0.5, 0.6) is 0 Å². The molecule has 5 rings (SSSR count). The molecule has 0 spiro atoms. The summed E-state index contributed by atoms with van der Waals surface area (Å²) in [6.07, 6.45) is 0.477. The van der Waals surface area contributed by atoms with Gasteiger partial charge in [-0.1, -0.05) is 42.5 Å². The number of aryl methyl sites for hydroxylation is 1. The second kappa shape index (κ2) is 10.8. The molecule has 0 saturated carbocycles. The molecule has 0 aliphatic carbocycles. The van der Waals surface area contributed by atoms with Crippen LogP contribution in [0.3, 0.4) is 0 Å². The predicted octanol–water partition coefficient (Wildman–Crippen LogP) is 2.39. The summed E-state index contributed by atoms with van der Waals surface area (Å²) in [5.41, 5.74) is 1.84. The average molecular weight is 537 g/mol. The first-order chi connectivity index (χ1) is 18.3. The summed E-state index contributed by atoms with van der Waals surface area (Å²) in [7, 11) is -4.26. The van der Waals surface area contributed by atoms with Gasteiger partial charge in [0.05, 0.1) is 23.1 Å². The standard InChI is InChI=1S/C28H32N4O5S/c1-18-6-2-3-7-21(18)27(34)31-24-10-11-26(23-9-5-4-8-22(23)24)38(36,37)32(19-12-14-29-15-13-19)28(35)25-16-20(33)17-30-25/h2-11,19-20,25,29-30,33H,12-17H2,1H3,(H,31,34). The number of carbonyl (C=O) groups is 2. The molecule has 2 amide bonds. The Morgan fingerprint density at radius 2 is 1.66 bits per heavy atom. The van der Waals surface area contributed by atoms with Gasteiger partial charge in [0.2, 0.25) is 0 Å². The van der Waals surface area contributed by atoms with E-state index in [0.717, 1.165) is 9.87 Å². The summed E-state index contributed by atoms with van der Waals surface area (Å²) in [5.74, 6) is -0.837. The maximum absolute atomic E-state index is 14.2. The first-order valence-electron chi connectivity index (χ1n) is 12.9. The maximum Gasteiger partial charge on any atom is 0.267 e. The van der Waals surface area contributed by atoms with Crippen molar-refractivity contribution in [2.45, 2.75) is 49.3 Å². The van der Waals surface area contributed by atoms with Crippen LogP contribution in [0.4, 0.5) is 5.69 Å². The van der Waals surface area contributed by atoms with Gasteiger partial charge in [-0.25, -0.2) is 12.7 Å². The normalized spacial score (nSPS) is 20.4. The van der Waals surface area contributed by atoms with E-state index in [1.54, 1.807) is 42.5 Å². The number of nitrogens with zero attached hydrogens (tertiary/aromatic N) is 1. The number of hydrogen-bond acceptors (Lipinski definition) is 7. The van der Waals surface area contributed by atoms with Crippen molar-refractivity contribution in [3.8, 4) is 0 Å². The SMILES string of the molecule is Cc1ccccc1C(=O)Nc1ccc(S(=O)(=O)N(C(=O)C2CC(O)CN2)C2CCNCC2)c2ccccc12. The summed E-state index contributed by atoms with van der Waals surface area (Å²) in [4.78, 5) is 26.7. The van der Waals surface area contributed by atoms with E-state index in [2.05, 4.69) is 16.0 Å². The second-order valence-corrected chi connectivity index (χ2v) is 11.7. The first kappa shape index (κ1) is 26.3. The minimum Gasteiger partial charge on any atom is -0.392 e. The van der Waals surface area contributed by atoms with E-state index < -0.39 is 34.1 Å². The molecule has 2 unspecified atom stereocenters. The third kappa shape index (κ3) is 5.04. The topological polar surface area (TPSA) is 128 Å². The molecule has 200 valence electrons. The molecule has 3 aromatic rings.